The number of carbonyl (C=O) groups is 1. The Labute approximate surface area is 91.4 Å². The van der Waals surface area contributed by atoms with E-state index in [-0.39, 0.29) is 16.9 Å². The lowest BCUT2D eigenvalue weighted by Gasteiger charge is -2.12. The van der Waals surface area contributed by atoms with Crippen LogP contribution >= 0.6 is 12.2 Å². The van der Waals surface area contributed by atoms with Crippen molar-refractivity contribution < 1.29 is 13.9 Å². The minimum atomic E-state index is -0.567. The van der Waals surface area contributed by atoms with Gasteiger partial charge in [0, 0.05) is 0 Å². The van der Waals surface area contributed by atoms with E-state index >= 15 is 0 Å². The van der Waals surface area contributed by atoms with Crippen LogP contribution in [0.2, 0.25) is 0 Å². The predicted molar refractivity (Wildman–Crippen MR) is 57.0 cm³/mol. The number of halogens is 1. The molecule has 2 rings (SSSR count). The number of amides is 1. The summed E-state index contributed by atoms with van der Waals surface area (Å²) in [6.07, 6.45) is -0.567. The third-order valence-corrected chi connectivity index (χ3v) is 2.39. The Morgan fingerprint density at radius 1 is 1.40 bits per heavy atom. The first kappa shape index (κ1) is 10.0. The first-order valence-electron chi connectivity index (χ1n) is 4.40. The molecule has 0 aliphatic carbocycles. The van der Waals surface area contributed by atoms with E-state index < -0.39 is 6.10 Å². The number of carbonyl (C=O) groups excluding carboxylic acids is 1. The Morgan fingerprint density at radius 2 is 2.00 bits per heavy atom. The minimum Gasteiger partial charge on any atom is -0.457 e. The number of ether oxygens (including phenoxy) is 1. The molecule has 0 N–H and O–H groups in total. The monoisotopic (exact) mass is 225 g/mol. The van der Waals surface area contributed by atoms with Crippen LogP contribution in [0.15, 0.2) is 24.3 Å². The van der Waals surface area contributed by atoms with Crippen molar-refractivity contribution in [3.8, 4) is 0 Å². The molecule has 1 aliphatic rings. The first-order valence-corrected chi connectivity index (χ1v) is 4.80. The molecule has 1 atom stereocenters. The molecule has 0 bridgehead atoms. The number of benzene rings is 1. The molecule has 1 aromatic carbocycles. The zero-order valence-corrected chi connectivity index (χ0v) is 8.75. The second-order valence-corrected chi connectivity index (χ2v) is 3.53. The van der Waals surface area contributed by atoms with Crippen LogP contribution in [0.4, 0.5) is 10.1 Å². The number of hydrogen-bond acceptors (Lipinski definition) is 3. The van der Waals surface area contributed by atoms with Gasteiger partial charge in [0.15, 0.2) is 6.10 Å². The van der Waals surface area contributed by atoms with Crippen molar-refractivity contribution in [1.29, 1.82) is 0 Å². The topological polar surface area (TPSA) is 29.5 Å². The molecule has 1 saturated heterocycles. The molecule has 1 unspecified atom stereocenters. The third-order valence-electron chi connectivity index (χ3n) is 2.11. The molecule has 1 amide bonds. The van der Waals surface area contributed by atoms with Gasteiger partial charge in [0.25, 0.3) is 11.1 Å². The van der Waals surface area contributed by atoms with Crippen LogP contribution in [-0.2, 0) is 9.53 Å². The highest BCUT2D eigenvalue weighted by molar-refractivity contribution is 7.80. The molecule has 0 spiro atoms. The number of thiocarbonyl (C=S) groups is 1. The second-order valence-electron chi connectivity index (χ2n) is 3.18. The highest BCUT2D eigenvalue weighted by Crippen LogP contribution is 2.22. The van der Waals surface area contributed by atoms with E-state index in [0.717, 1.165) is 0 Å². The van der Waals surface area contributed by atoms with Gasteiger partial charge in [-0.15, -0.1) is 0 Å². The fraction of sp³-hybridized carbons (Fsp3) is 0.200. The van der Waals surface area contributed by atoms with Crippen LogP contribution in [0.25, 0.3) is 0 Å². The molecule has 1 heterocycles. The van der Waals surface area contributed by atoms with Gasteiger partial charge in [-0.25, -0.2) is 9.29 Å². The van der Waals surface area contributed by atoms with E-state index in [0.29, 0.717) is 5.69 Å². The lowest BCUT2D eigenvalue weighted by atomic mass is 10.2. The molecule has 0 saturated carbocycles. The quantitative estimate of drug-likeness (QED) is 0.683. The van der Waals surface area contributed by atoms with Crippen molar-refractivity contribution in [3.63, 3.8) is 0 Å². The molecule has 0 radical (unpaired) electrons. The Kier molecular flexibility index (Phi) is 2.40. The normalized spacial score (nSPS) is 20.7. The summed E-state index contributed by atoms with van der Waals surface area (Å²) in [5.74, 6) is -0.586. The van der Waals surface area contributed by atoms with Crippen LogP contribution < -0.4 is 4.90 Å². The van der Waals surface area contributed by atoms with E-state index in [2.05, 4.69) is 0 Å². The van der Waals surface area contributed by atoms with Crippen LogP contribution in [0.3, 0.4) is 0 Å². The van der Waals surface area contributed by atoms with E-state index in [1.165, 1.54) is 29.2 Å². The van der Waals surface area contributed by atoms with Crippen molar-refractivity contribution in [1.82, 2.24) is 0 Å². The van der Waals surface area contributed by atoms with Crippen molar-refractivity contribution in [3.05, 3.63) is 30.1 Å². The van der Waals surface area contributed by atoms with Crippen LogP contribution in [-0.4, -0.2) is 17.2 Å². The zero-order valence-electron chi connectivity index (χ0n) is 7.94. The fourth-order valence-electron chi connectivity index (χ4n) is 1.35. The smallest absolute Gasteiger partial charge is 0.275 e. The van der Waals surface area contributed by atoms with Crippen LogP contribution in [0, 0.1) is 5.82 Å². The van der Waals surface area contributed by atoms with Gasteiger partial charge in [-0.1, -0.05) is 0 Å². The number of anilines is 1. The van der Waals surface area contributed by atoms with E-state index in [1.807, 2.05) is 0 Å². The lowest BCUT2D eigenvalue weighted by molar-refractivity contribution is -0.121. The van der Waals surface area contributed by atoms with Gasteiger partial charge in [0.2, 0.25) is 0 Å². The van der Waals surface area contributed by atoms with Gasteiger partial charge in [-0.05, 0) is 43.4 Å². The largest absolute Gasteiger partial charge is 0.457 e. The maximum Gasteiger partial charge on any atom is 0.275 e. The van der Waals surface area contributed by atoms with Gasteiger partial charge >= 0.3 is 0 Å². The Bertz CT molecular complexity index is 418. The summed E-state index contributed by atoms with van der Waals surface area (Å²) in [5, 5.41) is 0.110. The Hall–Kier alpha value is -1.49. The van der Waals surface area contributed by atoms with E-state index in [4.69, 9.17) is 17.0 Å². The number of nitrogens with zero attached hydrogens (tertiary/aromatic N) is 1. The van der Waals surface area contributed by atoms with Crippen LogP contribution in [0.5, 0.6) is 0 Å². The van der Waals surface area contributed by atoms with Gasteiger partial charge in [-0.3, -0.25) is 4.79 Å². The summed E-state index contributed by atoms with van der Waals surface area (Å²) >= 11 is 4.90. The summed E-state index contributed by atoms with van der Waals surface area (Å²) < 4.78 is 17.8. The molecule has 5 heteroatoms. The van der Waals surface area contributed by atoms with Gasteiger partial charge in [0.05, 0.1) is 5.69 Å². The van der Waals surface area contributed by atoms with Crippen molar-refractivity contribution >= 4 is 29.0 Å². The zero-order chi connectivity index (χ0) is 11.0. The Balaban J connectivity index is 2.35. The average molecular weight is 225 g/mol. The molecule has 1 aliphatic heterocycles. The minimum absolute atomic E-state index is 0.110. The number of rotatable bonds is 1. The van der Waals surface area contributed by atoms with Gasteiger partial charge in [0.1, 0.15) is 5.82 Å². The summed E-state index contributed by atoms with van der Waals surface area (Å²) in [4.78, 5) is 12.9. The van der Waals surface area contributed by atoms with Crippen molar-refractivity contribution in [2.24, 2.45) is 0 Å². The maximum atomic E-state index is 12.7. The summed E-state index contributed by atoms with van der Waals surface area (Å²) in [7, 11) is 0. The van der Waals surface area contributed by atoms with Crippen molar-refractivity contribution in [2.75, 3.05) is 4.90 Å². The van der Waals surface area contributed by atoms with Gasteiger partial charge in [-0.2, -0.15) is 0 Å². The highest BCUT2D eigenvalue weighted by atomic mass is 32.1. The van der Waals surface area contributed by atoms with Gasteiger partial charge < -0.3 is 4.74 Å². The maximum absolute atomic E-state index is 12.7. The van der Waals surface area contributed by atoms with E-state index in [9.17, 15) is 9.18 Å². The SMILES string of the molecule is CC1OC(=S)N(c2ccc(F)cc2)C1=O. The van der Waals surface area contributed by atoms with Crippen molar-refractivity contribution in [2.45, 2.75) is 13.0 Å². The van der Waals surface area contributed by atoms with E-state index in [1.54, 1.807) is 6.92 Å². The average Bonchev–Trinajstić information content (AvgIpc) is 2.44. The third kappa shape index (κ3) is 1.70. The molecular weight excluding hydrogens is 217 g/mol. The summed E-state index contributed by atoms with van der Waals surface area (Å²) in [6.45, 7) is 1.62. The molecular formula is C10H8FNO2S. The number of hydrogen-bond donors (Lipinski definition) is 0. The summed E-state index contributed by atoms with van der Waals surface area (Å²) in [6, 6.07) is 5.52. The van der Waals surface area contributed by atoms with Crippen LogP contribution in [0.1, 0.15) is 6.92 Å². The lowest BCUT2D eigenvalue weighted by Crippen LogP contribution is -2.30. The molecule has 1 aromatic rings. The second kappa shape index (κ2) is 3.58. The highest BCUT2D eigenvalue weighted by Gasteiger charge is 2.35. The molecule has 0 aromatic heterocycles. The summed E-state index contributed by atoms with van der Waals surface area (Å²) in [5.41, 5.74) is 0.524. The predicted octanol–water partition coefficient (Wildman–Crippen LogP) is 1.86. The molecule has 78 valence electrons. The molecule has 1 fully saturated rings. The standard InChI is InChI=1S/C10H8FNO2S/c1-6-9(13)12(10(15)14-6)8-4-2-7(11)3-5-8/h2-6H,1H3. The first-order chi connectivity index (χ1) is 7.09. The Morgan fingerprint density at radius 3 is 2.47 bits per heavy atom. The molecule has 3 nitrogen and oxygen atoms in total. The fourth-order valence-corrected chi connectivity index (χ4v) is 1.69. The molecule has 15 heavy (non-hydrogen) atoms.